The minimum atomic E-state index is -4.66. The van der Waals surface area contributed by atoms with Gasteiger partial charge in [-0.15, -0.1) is 0 Å². The highest BCUT2D eigenvalue weighted by atomic mass is 19.4. The monoisotopic (exact) mass is 433 g/mol. The topological polar surface area (TPSA) is 54.5 Å². The maximum absolute atomic E-state index is 13.8. The lowest BCUT2D eigenvalue weighted by atomic mass is 10.1. The van der Waals surface area contributed by atoms with E-state index in [1.54, 1.807) is 17.9 Å². The van der Waals surface area contributed by atoms with E-state index in [1.165, 1.54) is 30.3 Å². The van der Waals surface area contributed by atoms with E-state index >= 15 is 0 Å². The first kappa shape index (κ1) is 21.0. The van der Waals surface area contributed by atoms with Crippen LogP contribution in [0.15, 0.2) is 42.5 Å². The maximum Gasteiger partial charge on any atom is 0.418 e. The fourth-order valence-electron chi connectivity index (χ4n) is 3.61. The number of hydrogen-bond donors (Lipinski definition) is 1. The summed E-state index contributed by atoms with van der Waals surface area (Å²) in [5.41, 5.74) is -0.0572. The van der Waals surface area contributed by atoms with E-state index in [4.69, 9.17) is 4.74 Å². The zero-order valence-electron chi connectivity index (χ0n) is 16.6. The van der Waals surface area contributed by atoms with Gasteiger partial charge in [0.2, 0.25) is 0 Å². The van der Waals surface area contributed by atoms with Crippen LogP contribution in [0.1, 0.15) is 21.6 Å². The molecule has 1 aliphatic heterocycles. The van der Waals surface area contributed by atoms with Crippen LogP contribution < -0.4 is 10.2 Å². The highest BCUT2D eigenvalue weighted by Gasteiger charge is 2.35. The summed E-state index contributed by atoms with van der Waals surface area (Å²) in [6.07, 6.45) is -4.66. The van der Waals surface area contributed by atoms with Crippen molar-refractivity contribution >= 4 is 28.2 Å². The molecule has 0 atom stereocenters. The first-order chi connectivity index (χ1) is 14.7. The van der Waals surface area contributed by atoms with Crippen molar-refractivity contribution in [2.45, 2.75) is 13.1 Å². The third-order valence-corrected chi connectivity index (χ3v) is 5.08. The molecule has 162 valence electrons. The molecule has 1 fully saturated rings. The van der Waals surface area contributed by atoms with Crippen molar-refractivity contribution in [3.63, 3.8) is 0 Å². The summed E-state index contributed by atoms with van der Waals surface area (Å²) in [6, 6.07) is 9.03. The van der Waals surface area contributed by atoms with Crippen molar-refractivity contribution in [3.8, 4) is 0 Å². The number of aromatic nitrogens is 1. The molecule has 2 heterocycles. The van der Waals surface area contributed by atoms with Gasteiger partial charge in [-0.1, -0.05) is 0 Å². The number of anilines is 2. The minimum absolute atomic E-state index is 0.118. The van der Waals surface area contributed by atoms with Gasteiger partial charge in [0.1, 0.15) is 5.82 Å². The van der Waals surface area contributed by atoms with Crippen molar-refractivity contribution < 1.29 is 27.1 Å². The molecular formula is C22H19F4N3O2. The Morgan fingerprint density at radius 3 is 2.55 bits per heavy atom. The largest absolute Gasteiger partial charge is 0.418 e. The van der Waals surface area contributed by atoms with E-state index in [0.29, 0.717) is 43.1 Å². The van der Waals surface area contributed by atoms with E-state index in [1.807, 2.05) is 0 Å². The van der Waals surface area contributed by atoms with Crippen LogP contribution in [0.3, 0.4) is 0 Å². The molecular weight excluding hydrogens is 414 g/mol. The highest BCUT2D eigenvalue weighted by molar-refractivity contribution is 6.12. The van der Waals surface area contributed by atoms with Crippen molar-refractivity contribution in [1.82, 2.24) is 4.98 Å². The average Bonchev–Trinajstić information content (AvgIpc) is 2.73. The predicted octanol–water partition coefficient (Wildman–Crippen LogP) is 4.79. The number of carbonyl (C=O) groups excluding carboxylic acids is 1. The molecule has 4 rings (SSSR count). The molecule has 0 saturated carbocycles. The van der Waals surface area contributed by atoms with Crippen LogP contribution in [0.4, 0.5) is 28.9 Å². The number of benzene rings is 2. The van der Waals surface area contributed by atoms with Crippen LogP contribution >= 0.6 is 0 Å². The number of fused-ring (bicyclic) bond motifs is 1. The second-order valence-corrected chi connectivity index (χ2v) is 7.25. The van der Waals surface area contributed by atoms with Crippen molar-refractivity contribution in [3.05, 3.63) is 65.1 Å². The molecule has 0 radical (unpaired) electrons. The normalized spacial score (nSPS) is 14.7. The summed E-state index contributed by atoms with van der Waals surface area (Å²) in [7, 11) is 0. The Labute approximate surface area is 175 Å². The first-order valence-corrected chi connectivity index (χ1v) is 9.64. The maximum atomic E-state index is 13.8. The number of ether oxygens (including phenoxy) is 1. The lowest BCUT2D eigenvalue weighted by Gasteiger charge is -2.29. The second kappa shape index (κ2) is 8.14. The van der Waals surface area contributed by atoms with Crippen molar-refractivity contribution in [1.29, 1.82) is 0 Å². The molecule has 9 heteroatoms. The van der Waals surface area contributed by atoms with E-state index in [9.17, 15) is 22.4 Å². The van der Waals surface area contributed by atoms with Gasteiger partial charge in [0.25, 0.3) is 5.91 Å². The molecule has 0 bridgehead atoms. The summed E-state index contributed by atoms with van der Waals surface area (Å²) < 4.78 is 60.1. The molecule has 5 nitrogen and oxygen atoms in total. The molecule has 1 aliphatic rings. The number of nitrogens with zero attached hydrogens (tertiary/aromatic N) is 2. The van der Waals surface area contributed by atoms with Gasteiger partial charge in [-0.25, -0.2) is 4.39 Å². The lowest BCUT2D eigenvalue weighted by molar-refractivity contribution is -0.136. The van der Waals surface area contributed by atoms with Gasteiger partial charge in [0.05, 0.1) is 35.5 Å². The van der Waals surface area contributed by atoms with E-state index in [0.717, 1.165) is 6.07 Å². The molecule has 1 N–H and O–H groups in total. The molecule has 1 amide bonds. The number of carbonyl (C=O) groups is 1. The number of nitrogens with one attached hydrogen (secondary N) is 1. The van der Waals surface area contributed by atoms with Gasteiger partial charge in [-0.2, -0.15) is 13.2 Å². The smallest absolute Gasteiger partial charge is 0.378 e. The SMILES string of the molecule is Cc1cc(C(=O)Nc2ccc(N3CCOCC3)cc2C(F)(F)F)c2ccc(F)cc2n1. The van der Waals surface area contributed by atoms with Gasteiger partial charge >= 0.3 is 6.18 Å². The summed E-state index contributed by atoms with van der Waals surface area (Å²) in [4.78, 5) is 18.9. The number of amides is 1. The van der Waals surface area contributed by atoms with Crippen LogP contribution in [-0.2, 0) is 10.9 Å². The Kier molecular flexibility index (Phi) is 5.53. The molecule has 1 aromatic heterocycles. The standard InChI is InChI=1S/C22H19F4N3O2/c1-13-10-17(16-4-2-14(23)11-20(16)27-13)21(30)28-19-5-3-15(12-18(19)22(24,25)26)29-6-8-31-9-7-29/h2-5,10-12H,6-9H2,1H3,(H,28,30). The van der Waals surface area contributed by atoms with Crippen LogP contribution in [0.5, 0.6) is 0 Å². The summed E-state index contributed by atoms with van der Waals surface area (Å²) >= 11 is 0. The Hall–Kier alpha value is -3.20. The Bertz CT molecular complexity index is 1140. The number of alkyl halides is 3. The summed E-state index contributed by atoms with van der Waals surface area (Å²) in [5.74, 6) is -1.25. The van der Waals surface area contributed by atoms with Gasteiger partial charge in [-0.05, 0) is 43.3 Å². The van der Waals surface area contributed by atoms with E-state index in [-0.39, 0.29) is 16.8 Å². The quantitative estimate of drug-likeness (QED) is 0.604. The van der Waals surface area contributed by atoms with E-state index in [2.05, 4.69) is 10.3 Å². The van der Waals surface area contributed by atoms with Gasteiger partial charge in [0, 0.05) is 35.9 Å². The van der Waals surface area contributed by atoms with Crippen LogP contribution in [-0.4, -0.2) is 37.2 Å². The van der Waals surface area contributed by atoms with Crippen LogP contribution in [0.25, 0.3) is 10.9 Å². The fraction of sp³-hybridized carbons (Fsp3) is 0.273. The van der Waals surface area contributed by atoms with Crippen molar-refractivity contribution in [2.24, 2.45) is 0 Å². The van der Waals surface area contributed by atoms with Gasteiger partial charge in [-0.3, -0.25) is 9.78 Å². The van der Waals surface area contributed by atoms with Gasteiger partial charge < -0.3 is 15.0 Å². The molecule has 0 spiro atoms. The Morgan fingerprint density at radius 1 is 1.10 bits per heavy atom. The number of halogens is 4. The Morgan fingerprint density at radius 2 is 1.84 bits per heavy atom. The second-order valence-electron chi connectivity index (χ2n) is 7.25. The van der Waals surface area contributed by atoms with Crippen molar-refractivity contribution in [2.75, 3.05) is 36.5 Å². The average molecular weight is 433 g/mol. The summed E-state index contributed by atoms with van der Waals surface area (Å²) in [6.45, 7) is 3.48. The zero-order chi connectivity index (χ0) is 22.2. The number of aryl methyl sites for hydroxylation is 1. The molecule has 31 heavy (non-hydrogen) atoms. The summed E-state index contributed by atoms with van der Waals surface area (Å²) in [5, 5.41) is 2.72. The highest BCUT2D eigenvalue weighted by Crippen LogP contribution is 2.38. The van der Waals surface area contributed by atoms with Crippen LogP contribution in [0.2, 0.25) is 0 Å². The Balaban J connectivity index is 1.70. The molecule has 0 aliphatic carbocycles. The first-order valence-electron chi connectivity index (χ1n) is 9.64. The predicted molar refractivity (Wildman–Crippen MR) is 109 cm³/mol. The van der Waals surface area contributed by atoms with Crippen LogP contribution in [0, 0.1) is 12.7 Å². The third kappa shape index (κ3) is 4.46. The number of morpholine rings is 1. The third-order valence-electron chi connectivity index (χ3n) is 5.08. The number of pyridine rings is 1. The molecule has 3 aromatic rings. The number of rotatable bonds is 3. The molecule has 1 saturated heterocycles. The molecule has 2 aromatic carbocycles. The molecule has 0 unspecified atom stereocenters. The number of hydrogen-bond acceptors (Lipinski definition) is 4. The fourth-order valence-corrected chi connectivity index (χ4v) is 3.61. The lowest BCUT2D eigenvalue weighted by Crippen LogP contribution is -2.36. The van der Waals surface area contributed by atoms with Gasteiger partial charge in [0.15, 0.2) is 0 Å². The zero-order valence-corrected chi connectivity index (χ0v) is 16.6. The van der Waals surface area contributed by atoms with E-state index < -0.39 is 23.5 Å². The minimum Gasteiger partial charge on any atom is -0.378 e.